The van der Waals surface area contributed by atoms with Gasteiger partial charge < -0.3 is 5.11 Å². The summed E-state index contributed by atoms with van der Waals surface area (Å²) in [6.07, 6.45) is 5.88. The molecule has 1 aliphatic rings. The molecule has 0 bridgehead atoms. The third-order valence-electron chi connectivity index (χ3n) is 5.04. The minimum atomic E-state index is -0.432. The monoisotopic (exact) mass is 212 g/mol. The Hall–Kier alpha value is -0.0400. The molecule has 1 heteroatoms. The van der Waals surface area contributed by atoms with Crippen molar-refractivity contribution in [2.24, 2.45) is 17.3 Å². The molecule has 0 aromatic carbocycles. The van der Waals surface area contributed by atoms with Crippen LogP contribution in [0, 0.1) is 17.3 Å². The fraction of sp³-hybridized carbons (Fsp3) is 1.00. The first-order valence-corrected chi connectivity index (χ1v) is 6.56. The highest BCUT2D eigenvalue weighted by Crippen LogP contribution is 2.47. The second-order valence-corrected chi connectivity index (χ2v) is 6.26. The predicted octanol–water partition coefficient (Wildman–Crippen LogP) is 4.00. The van der Waals surface area contributed by atoms with Gasteiger partial charge in [0.2, 0.25) is 0 Å². The molecule has 0 aromatic heterocycles. The molecule has 0 amide bonds. The van der Waals surface area contributed by atoms with E-state index in [4.69, 9.17) is 0 Å². The smallest absolute Gasteiger partial charge is 0.0645 e. The zero-order valence-corrected chi connectivity index (χ0v) is 11.1. The van der Waals surface area contributed by atoms with Crippen LogP contribution in [0.4, 0.5) is 0 Å². The van der Waals surface area contributed by atoms with E-state index in [9.17, 15) is 5.11 Å². The second kappa shape index (κ2) is 4.45. The molecule has 1 aliphatic carbocycles. The van der Waals surface area contributed by atoms with Crippen LogP contribution in [-0.4, -0.2) is 10.7 Å². The maximum Gasteiger partial charge on any atom is 0.0645 e. The van der Waals surface area contributed by atoms with E-state index in [1.165, 1.54) is 25.7 Å². The van der Waals surface area contributed by atoms with E-state index in [2.05, 4.69) is 27.7 Å². The Kier molecular flexibility index (Phi) is 3.86. The maximum atomic E-state index is 10.3. The first-order chi connectivity index (χ1) is 6.83. The maximum absolute atomic E-state index is 10.3. The molecule has 0 aliphatic heterocycles. The minimum Gasteiger partial charge on any atom is -0.390 e. The van der Waals surface area contributed by atoms with Crippen LogP contribution in [0.2, 0.25) is 0 Å². The highest BCUT2D eigenvalue weighted by molar-refractivity contribution is 4.92. The summed E-state index contributed by atoms with van der Waals surface area (Å²) in [6, 6.07) is 0. The molecule has 3 unspecified atom stereocenters. The minimum absolute atomic E-state index is 0.432. The molecule has 1 rings (SSSR count). The molecular weight excluding hydrogens is 184 g/mol. The van der Waals surface area contributed by atoms with E-state index in [0.29, 0.717) is 11.3 Å². The van der Waals surface area contributed by atoms with E-state index < -0.39 is 5.60 Å². The van der Waals surface area contributed by atoms with Gasteiger partial charge in [0.05, 0.1) is 5.60 Å². The normalized spacial score (nSPS) is 31.6. The van der Waals surface area contributed by atoms with Crippen LogP contribution in [0.15, 0.2) is 0 Å². The summed E-state index contributed by atoms with van der Waals surface area (Å²) in [7, 11) is 0. The fourth-order valence-electron chi connectivity index (χ4n) is 2.83. The van der Waals surface area contributed by atoms with Crippen LogP contribution < -0.4 is 0 Å². The van der Waals surface area contributed by atoms with Crippen molar-refractivity contribution in [3.05, 3.63) is 0 Å². The van der Waals surface area contributed by atoms with Crippen LogP contribution in [0.5, 0.6) is 0 Å². The van der Waals surface area contributed by atoms with Crippen molar-refractivity contribution < 1.29 is 5.11 Å². The SMILES string of the molecule is CCC(C)(C)C1CCC(C(C)(O)CC)C1. The van der Waals surface area contributed by atoms with E-state index in [1.807, 2.05) is 6.92 Å². The van der Waals surface area contributed by atoms with E-state index in [-0.39, 0.29) is 0 Å². The highest BCUT2D eigenvalue weighted by atomic mass is 16.3. The summed E-state index contributed by atoms with van der Waals surface area (Å²) in [4.78, 5) is 0. The van der Waals surface area contributed by atoms with Crippen molar-refractivity contribution in [2.75, 3.05) is 0 Å². The first kappa shape index (κ1) is 13.0. The summed E-state index contributed by atoms with van der Waals surface area (Å²) >= 11 is 0. The molecule has 0 radical (unpaired) electrons. The fourth-order valence-corrected chi connectivity index (χ4v) is 2.83. The van der Waals surface area contributed by atoms with Crippen molar-refractivity contribution in [3.8, 4) is 0 Å². The Balaban J connectivity index is 2.60. The largest absolute Gasteiger partial charge is 0.390 e. The lowest BCUT2D eigenvalue weighted by Crippen LogP contribution is -2.33. The van der Waals surface area contributed by atoms with Gasteiger partial charge in [0.15, 0.2) is 0 Å². The number of aliphatic hydroxyl groups is 1. The van der Waals surface area contributed by atoms with Crippen LogP contribution >= 0.6 is 0 Å². The van der Waals surface area contributed by atoms with Gasteiger partial charge >= 0.3 is 0 Å². The highest BCUT2D eigenvalue weighted by Gasteiger charge is 2.41. The summed E-state index contributed by atoms with van der Waals surface area (Å²) in [5.74, 6) is 1.34. The van der Waals surface area contributed by atoms with Gasteiger partial charge in [0.1, 0.15) is 0 Å². The van der Waals surface area contributed by atoms with Gasteiger partial charge in [-0.05, 0) is 49.9 Å². The molecular formula is C14H28O. The van der Waals surface area contributed by atoms with Gasteiger partial charge in [-0.2, -0.15) is 0 Å². The standard InChI is InChI=1S/C14H28O/c1-6-13(3,4)11-8-9-12(10-11)14(5,15)7-2/h11-12,15H,6-10H2,1-5H3. The molecule has 0 heterocycles. The number of rotatable bonds is 4. The lowest BCUT2D eigenvalue weighted by Gasteiger charge is -2.33. The van der Waals surface area contributed by atoms with Crippen LogP contribution in [0.1, 0.15) is 66.7 Å². The number of hydrogen-bond acceptors (Lipinski definition) is 1. The second-order valence-electron chi connectivity index (χ2n) is 6.26. The average Bonchev–Trinajstić information content (AvgIpc) is 2.67. The van der Waals surface area contributed by atoms with E-state index in [0.717, 1.165) is 12.3 Å². The van der Waals surface area contributed by atoms with Gasteiger partial charge in [-0.25, -0.2) is 0 Å². The molecule has 0 saturated heterocycles. The van der Waals surface area contributed by atoms with Crippen molar-refractivity contribution in [1.82, 2.24) is 0 Å². The molecule has 1 N–H and O–H groups in total. The Labute approximate surface area is 95.3 Å². The molecule has 15 heavy (non-hydrogen) atoms. The molecule has 0 spiro atoms. The Morgan fingerprint density at radius 1 is 1.00 bits per heavy atom. The Morgan fingerprint density at radius 2 is 1.53 bits per heavy atom. The van der Waals surface area contributed by atoms with Gasteiger partial charge in [-0.15, -0.1) is 0 Å². The van der Waals surface area contributed by atoms with Crippen molar-refractivity contribution in [2.45, 2.75) is 72.3 Å². The van der Waals surface area contributed by atoms with Crippen molar-refractivity contribution in [1.29, 1.82) is 0 Å². The zero-order valence-electron chi connectivity index (χ0n) is 11.1. The summed E-state index contributed by atoms with van der Waals surface area (Å²) < 4.78 is 0. The van der Waals surface area contributed by atoms with E-state index in [1.54, 1.807) is 0 Å². The third-order valence-corrected chi connectivity index (χ3v) is 5.04. The molecule has 90 valence electrons. The Morgan fingerprint density at radius 3 is 2.00 bits per heavy atom. The molecule has 1 nitrogen and oxygen atoms in total. The quantitative estimate of drug-likeness (QED) is 0.747. The number of hydrogen-bond donors (Lipinski definition) is 1. The lowest BCUT2D eigenvalue weighted by molar-refractivity contribution is -0.00615. The van der Waals surface area contributed by atoms with Gasteiger partial charge in [-0.3, -0.25) is 0 Å². The van der Waals surface area contributed by atoms with Crippen molar-refractivity contribution >= 4 is 0 Å². The topological polar surface area (TPSA) is 20.2 Å². The first-order valence-electron chi connectivity index (χ1n) is 6.56. The van der Waals surface area contributed by atoms with Crippen LogP contribution in [-0.2, 0) is 0 Å². The van der Waals surface area contributed by atoms with Crippen LogP contribution in [0.25, 0.3) is 0 Å². The molecule has 0 aromatic rings. The lowest BCUT2D eigenvalue weighted by atomic mass is 9.74. The summed E-state index contributed by atoms with van der Waals surface area (Å²) in [5.41, 5.74) is 0.0249. The summed E-state index contributed by atoms with van der Waals surface area (Å²) in [5, 5.41) is 10.3. The third kappa shape index (κ3) is 2.75. The van der Waals surface area contributed by atoms with Crippen LogP contribution in [0.3, 0.4) is 0 Å². The predicted molar refractivity (Wildman–Crippen MR) is 65.8 cm³/mol. The van der Waals surface area contributed by atoms with E-state index >= 15 is 0 Å². The zero-order chi connectivity index (χ0) is 11.7. The molecule has 1 fully saturated rings. The van der Waals surface area contributed by atoms with Gasteiger partial charge in [0, 0.05) is 0 Å². The Bertz CT molecular complexity index is 183. The molecule has 1 saturated carbocycles. The van der Waals surface area contributed by atoms with Gasteiger partial charge in [-0.1, -0.05) is 34.1 Å². The summed E-state index contributed by atoms with van der Waals surface area (Å²) in [6.45, 7) is 11.1. The van der Waals surface area contributed by atoms with Gasteiger partial charge in [0.25, 0.3) is 0 Å². The van der Waals surface area contributed by atoms with Crippen molar-refractivity contribution in [3.63, 3.8) is 0 Å². The average molecular weight is 212 g/mol. The molecule has 3 atom stereocenters.